The quantitative estimate of drug-likeness (QED) is 0.482. The Morgan fingerprint density at radius 2 is 1.67 bits per heavy atom. The molecule has 0 aromatic carbocycles. The molecule has 0 spiro atoms. The van der Waals surface area contributed by atoms with Gasteiger partial charge in [-0.2, -0.15) is 0 Å². The molecule has 2 bridgehead atoms. The first-order chi connectivity index (χ1) is 4.34. The molecule has 0 aliphatic carbocycles. The maximum absolute atomic E-state index is 5.67. The van der Waals surface area contributed by atoms with E-state index in [0.29, 0.717) is 12.2 Å². The zero-order chi connectivity index (χ0) is 6.27. The Bertz CT molecular complexity index is 99.1. The second-order valence-electron chi connectivity index (χ2n) is 3.53. The average molecular weight is 126 g/mol. The highest BCUT2D eigenvalue weighted by Crippen LogP contribution is 2.35. The van der Waals surface area contributed by atoms with Gasteiger partial charge in [0, 0.05) is 0 Å². The van der Waals surface area contributed by atoms with Crippen LogP contribution in [-0.2, 0) is 4.74 Å². The predicted molar refractivity (Wildman–Crippen MR) is 36.3 cm³/mol. The van der Waals surface area contributed by atoms with Gasteiger partial charge in [0.05, 0.1) is 12.2 Å². The minimum atomic E-state index is 0.638. The molecule has 2 atom stereocenters. The van der Waals surface area contributed by atoms with Gasteiger partial charge in [-0.3, -0.25) is 0 Å². The van der Waals surface area contributed by atoms with Gasteiger partial charge in [-0.05, 0) is 31.6 Å². The van der Waals surface area contributed by atoms with Gasteiger partial charge in [0.25, 0.3) is 0 Å². The minimum Gasteiger partial charge on any atom is -0.375 e. The molecular weight excluding hydrogens is 112 g/mol. The van der Waals surface area contributed by atoms with Gasteiger partial charge >= 0.3 is 0 Å². The summed E-state index contributed by atoms with van der Waals surface area (Å²) < 4.78 is 5.67. The van der Waals surface area contributed by atoms with Gasteiger partial charge in [-0.25, -0.2) is 0 Å². The first-order valence-corrected chi connectivity index (χ1v) is 4.00. The molecule has 2 saturated heterocycles. The Hall–Kier alpha value is -0.0400. The van der Waals surface area contributed by atoms with E-state index in [0.717, 1.165) is 5.92 Å². The third-order valence-electron chi connectivity index (χ3n) is 2.53. The maximum Gasteiger partial charge on any atom is 0.0582 e. The highest BCUT2D eigenvalue weighted by atomic mass is 16.5. The van der Waals surface area contributed by atoms with Crippen LogP contribution in [0.4, 0.5) is 0 Å². The minimum absolute atomic E-state index is 0.638. The first-order valence-electron chi connectivity index (χ1n) is 4.00. The summed E-state index contributed by atoms with van der Waals surface area (Å²) in [5, 5.41) is 0. The monoisotopic (exact) mass is 126 g/mol. The van der Waals surface area contributed by atoms with Gasteiger partial charge in [-0.15, -0.1) is 0 Å². The van der Waals surface area contributed by atoms with Crippen molar-refractivity contribution in [3.8, 4) is 0 Å². The van der Waals surface area contributed by atoms with Crippen molar-refractivity contribution in [2.24, 2.45) is 5.92 Å². The van der Waals surface area contributed by atoms with Crippen LogP contribution in [0.2, 0.25) is 0 Å². The molecule has 52 valence electrons. The van der Waals surface area contributed by atoms with E-state index in [2.05, 4.69) is 6.92 Å². The molecule has 0 amide bonds. The standard InChI is InChI=1S/C8H14O/c1-6-4-7-2-3-8(5-6)9-7/h6-8H,2-5H2,1H3. The van der Waals surface area contributed by atoms with Crippen LogP contribution in [0.5, 0.6) is 0 Å². The summed E-state index contributed by atoms with van der Waals surface area (Å²) in [6.07, 6.45) is 6.56. The highest BCUT2D eigenvalue weighted by Gasteiger charge is 2.32. The maximum atomic E-state index is 5.67. The van der Waals surface area contributed by atoms with Crippen molar-refractivity contribution in [3.63, 3.8) is 0 Å². The molecule has 2 aliphatic rings. The molecular formula is C8H14O. The molecule has 1 heteroatoms. The van der Waals surface area contributed by atoms with E-state index in [1.54, 1.807) is 0 Å². The molecule has 0 saturated carbocycles. The SMILES string of the molecule is CC1CC2CCC(C1)O2. The fraction of sp³-hybridized carbons (Fsp3) is 1.00. The highest BCUT2D eigenvalue weighted by molar-refractivity contribution is 4.82. The summed E-state index contributed by atoms with van der Waals surface area (Å²) in [5.74, 6) is 0.927. The molecule has 9 heavy (non-hydrogen) atoms. The van der Waals surface area contributed by atoms with Crippen molar-refractivity contribution in [1.29, 1.82) is 0 Å². The van der Waals surface area contributed by atoms with Gasteiger partial charge in [0.15, 0.2) is 0 Å². The number of fused-ring (bicyclic) bond motifs is 2. The second-order valence-corrected chi connectivity index (χ2v) is 3.53. The smallest absolute Gasteiger partial charge is 0.0582 e. The third-order valence-corrected chi connectivity index (χ3v) is 2.53. The van der Waals surface area contributed by atoms with E-state index in [-0.39, 0.29) is 0 Å². The average Bonchev–Trinajstić information content (AvgIpc) is 2.11. The predicted octanol–water partition coefficient (Wildman–Crippen LogP) is 1.96. The van der Waals surface area contributed by atoms with Crippen LogP contribution in [0.3, 0.4) is 0 Å². The molecule has 1 nitrogen and oxygen atoms in total. The van der Waals surface area contributed by atoms with E-state index < -0.39 is 0 Å². The van der Waals surface area contributed by atoms with Crippen LogP contribution in [0.1, 0.15) is 32.6 Å². The summed E-state index contributed by atoms with van der Waals surface area (Å²) in [6.45, 7) is 2.34. The van der Waals surface area contributed by atoms with E-state index >= 15 is 0 Å². The molecule has 2 unspecified atom stereocenters. The van der Waals surface area contributed by atoms with Crippen molar-refractivity contribution < 1.29 is 4.74 Å². The van der Waals surface area contributed by atoms with E-state index in [4.69, 9.17) is 4.74 Å². The molecule has 2 aliphatic heterocycles. The Labute approximate surface area is 56.4 Å². The fourth-order valence-electron chi connectivity index (χ4n) is 2.12. The van der Waals surface area contributed by atoms with Crippen LogP contribution in [0.25, 0.3) is 0 Å². The fourth-order valence-corrected chi connectivity index (χ4v) is 2.12. The van der Waals surface area contributed by atoms with E-state index in [1.807, 2.05) is 0 Å². The number of hydrogen-bond acceptors (Lipinski definition) is 1. The van der Waals surface area contributed by atoms with Crippen molar-refractivity contribution in [2.75, 3.05) is 0 Å². The third kappa shape index (κ3) is 0.983. The van der Waals surface area contributed by atoms with Crippen LogP contribution in [0, 0.1) is 5.92 Å². The Morgan fingerprint density at radius 1 is 1.11 bits per heavy atom. The summed E-state index contributed by atoms with van der Waals surface area (Å²) >= 11 is 0. The molecule has 2 rings (SSSR count). The lowest BCUT2D eigenvalue weighted by molar-refractivity contribution is -0.0152. The largest absolute Gasteiger partial charge is 0.375 e. The van der Waals surface area contributed by atoms with E-state index in [1.165, 1.54) is 25.7 Å². The molecule has 0 aromatic rings. The second kappa shape index (κ2) is 1.98. The number of hydrogen-bond donors (Lipinski definition) is 0. The van der Waals surface area contributed by atoms with Crippen molar-refractivity contribution in [3.05, 3.63) is 0 Å². The van der Waals surface area contributed by atoms with Crippen molar-refractivity contribution in [1.82, 2.24) is 0 Å². The topological polar surface area (TPSA) is 9.23 Å². The molecule has 0 aromatic heterocycles. The van der Waals surface area contributed by atoms with Crippen LogP contribution >= 0.6 is 0 Å². The van der Waals surface area contributed by atoms with Gasteiger partial charge in [0.1, 0.15) is 0 Å². The summed E-state index contributed by atoms with van der Waals surface area (Å²) in [7, 11) is 0. The number of rotatable bonds is 0. The lowest BCUT2D eigenvalue weighted by Gasteiger charge is -2.25. The Balaban J connectivity index is 2.03. The van der Waals surface area contributed by atoms with E-state index in [9.17, 15) is 0 Å². The van der Waals surface area contributed by atoms with Crippen LogP contribution < -0.4 is 0 Å². The summed E-state index contributed by atoms with van der Waals surface area (Å²) in [5.41, 5.74) is 0. The first kappa shape index (κ1) is 5.72. The molecule has 0 radical (unpaired) electrons. The normalized spacial score (nSPS) is 49.7. The van der Waals surface area contributed by atoms with Crippen molar-refractivity contribution in [2.45, 2.75) is 44.8 Å². The van der Waals surface area contributed by atoms with Crippen LogP contribution in [0.15, 0.2) is 0 Å². The lowest BCUT2D eigenvalue weighted by Crippen LogP contribution is -2.22. The zero-order valence-electron chi connectivity index (χ0n) is 5.97. The molecule has 2 fully saturated rings. The lowest BCUT2D eigenvalue weighted by atomic mass is 9.98. The van der Waals surface area contributed by atoms with Crippen LogP contribution in [-0.4, -0.2) is 12.2 Å². The summed E-state index contributed by atoms with van der Waals surface area (Å²) in [6, 6.07) is 0. The molecule has 0 N–H and O–H groups in total. The van der Waals surface area contributed by atoms with Gasteiger partial charge in [0.2, 0.25) is 0 Å². The van der Waals surface area contributed by atoms with Gasteiger partial charge < -0.3 is 4.74 Å². The molecule has 2 heterocycles. The zero-order valence-corrected chi connectivity index (χ0v) is 5.97. The van der Waals surface area contributed by atoms with Gasteiger partial charge in [-0.1, -0.05) is 6.92 Å². The Kier molecular flexibility index (Phi) is 1.26. The Morgan fingerprint density at radius 3 is 2.22 bits per heavy atom. The van der Waals surface area contributed by atoms with Crippen molar-refractivity contribution >= 4 is 0 Å². The summed E-state index contributed by atoms with van der Waals surface area (Å²) in [4.78, 5) is 0. The number of ether oxygens (including phenoxy) is 1.